The predicted octanol–water partition coefficient (Wildman–Crippen LogP) is 0.229. The molecule has 0 aromatic rings. The smallest absolute Gasteiger partial charge is 0.151 e. The minimum atomic E-state index is -2.85. The molecule has 1 saturated heterocycles. The van der Waals surface area contributed by atoms with E-state index in [9.17, 15) is 13.2 Å². The van der Waals surface area contributed by atoms with Crippen LogP contribution in [0, 0.1) is 0 Å². The van der Waals surface area contributed by atoms with Gasteiger partial charge < -0.3 is 0 Å². The first-order valence-electron chi connectivity index (χ1n) is 5.56. The lowest BCUT2D eigenvalue weighted by atomic mass is 10.2. The Balaban J connectivity index is 2.02. The minimum Gasteiger partial charge on any atom is -0.298 e. The first-order chi connectivity index (χ1) is 7.08. The van der Waals surface area contributed by atoms with Crippen LogP contribution in [0.2, 0.25) is 0 Å². The Morgan fingerprint density at radius 3 is 2.60 bits per heavy atom. The average molecular weight is 231 g/mol. The SMILES string of the molecule is O=C1CCCC1N1CCCS(=O)(=O)CC1. The highest BCUT2D eigenvalue weighted by Crippen LogP contribution is 2.21. The second-order valence-electron chi connectivity index (χ2n) is 4.42. The molecule has 1 aliphatic carbocycles. The molecule has 0 spiro atoms. The van der Waals surface area contributed by atoms with Gasteiger partial charge in [0.15, 0.2) is 9.84 Å². The van der Waals surface area contributed by atoms with Crippen molar-refractivity contribution >= 4 is 15.6 Å². The molecule has 0 N–H and O–H groups in total. The summed E-state index contributed by atoms with van der Waals surface area (Å²) in [5.41, 5.74) is 0. The van der Waals surface area contributed by atoms with Gasteiger partial charge in [-0.15, -0.1) is 0 Å². The number of carbonyl (C=O) groups excluding carboxylic acids is 1. The average Bonchev–Trinajstić information content (AvgIpc) is 2.49. The van der Waals surface area contributed by atoms with Crippen LogP contribution >= 0.6 is 0 Å². The van der Waals surface area contributed by atoms with Crippen molar-refractivity contribution < 1.29 is 13.2 Å². The van der Waals surface area contributed by atoms with E-state index in [1.54, 1.807) is 0 Å². The van der Waals surface area contributed by atoms with Crippen molar-refractivity contribution in [1.29, 1.82) is 0 Å². The van der Waals surface area contributed by atoms with Gasteiger partial charge in [0, 0.05) is 13.0 Å². The highest BCUT2D eigenvalue weighted by molar-refractivity contribution is 7.91. The zero-order valence-electron chi connectivity index (χ0n) is 8.81. The van der Waals surface area contributed by atoms with E-state index in [2.05, 4.69) is 4.90 Å². The summed E-state index contributed by atoms with van der Waals surface area (Å²) < 4.78 is 22.8. The second-order valence-corrected chi connectivity index (χ2v) is 6.72. The largest absolute Gasteiger partial charge is 0.298 e. The number of sulfone groups is 1. The fourth-order valence-electron chi connectivity index (χ4n) is 2.45. The summed E-state index contributed by atoms with van der Waals surface area (Å²) in [6, 6.07) is 0.0123. The molecule has 1 saturated carbocycles. The van der Waals surface area contributed by atoms with Crippen molar-refractivity contribution in [2.24, 2.45) is 0 Å². The predicted molar refractivity (Wildman–Crippen MR) is 57.5 cm³/mol. The molecule has 2 aliphatic rings. The Kier molecular flexibility index (Phi) is 3.11. The fraction of sp³-hybridized carbons (Fsp3) is 0.900. The van der Waals surface area contributed by atoms with E-state index >= 15 is 0 Å². The molecule has 86 valence electrons. The molecule has 0 radical (unpaired) electrons. The van der Waals surface area contributed by atoms with E-state index in [1.165, 1.54) is 0 Å². The standard InChI is InChI=1S/C10H17NO3S/c12-10-4-1-3-9(10)11-5-2-7-15(13,14)8-6-11/h9H,1-8H2. The topological polar surface area (TPSA) is 54.5 Å². The Morgan fingerprint density at radius 1 is 1.13 bits per heavy atom. The summed E-state index contributed by atoms with van der Waals surface area (Å²) >= 11 is 0. The van der Waals surface area contributed by atoms with Gasteiger partial charge in [-0.25, -0.2) is 8.42 Å². The monoisotopic (exact) mass is 231 g/mol. The molecule has 0 amide bonds. The van der Waals surface area contributed by atoms with Gasteiger partial charge >= 0.3 is 0 Å². The number of Topliss-reactive ketones (excluding diaryl/α,β-unsaturated/α-hetero) is 1. The van der Waals surface area contributed by atoms with Gasteiger partial charge in [0.2, 0.25) is 0 Å². The molecular formula is C10H17NO3S. The van der Waals surface area contributed by atoms with Gasteiger partial charge in [0.1, 0.15) is 5.78 Å². The summed E-state index contributed by atoms with van der Waals surface area (Å²) in [7, 11) is -2.85. The molecule has 0 aromatic carbocycles. The number of hydrogen-bond donors (Lipinski definition) is 0. The van der Waals surface area contributed by atoms with Crippen molar-refractivity contribution in [3.8, 4) is 0 Å². The molecular weight excluding hydrogens is 214 g/mol. The third kappa shape index (κ3) is 2.58. The minimum absolute atomic E-state index is 0.0123. The van der Waals surface area contributed by atoms with Crippen LogP contribution in [0.1, 0.15) is 25.7 Å². The molecule has 2 rings (SSSR count). The maximum Gasteiger partial charge on any atom is 0.151 e. The normalized spacial score (nSPS) is 32.8. The van der Waals surface area contributed by atoms with Crippen molar-refractivity contribution in [3.63, 3.8) is 0 Å². The van der Waals surface area contributed by atoms with Crippen LogP contribution in [0.3, 0.4) is 0 Å². The van der Waals surface area contributed by atoms with E-state index in [-0.39, 0.29) is 17.5 Å². The molecule has 1 heterocycles. The first kappa shape index (κ1) is 11.1. The van der Waals surface area contributed by atoms with Gasteiger partial charge in [0.25, 0.3) is 0 Å². The molecule has 2 fully saturated rings. The molecule has 0 bridgehead atoms. The van der Waals surface area contributed by atoms with Gasteiger partial charge in [-0.2, -0.15) is 0 Å². The Hall–Kier alpha value is -0.420. The number of hydrogen-bond acceptors (Lipinski definition) is 4. The molecule has 4 nitrogen and oxygen atoms in total. The highest BCUT2D eigenvalue weighted by atomic mass is 32.2. The fourth-order valence-corrected chi connectivity index (χ4v) is 3.74. The molecule has 1 aliphatic heterocycles. The van der Waals surface area contributed by atoms with Crippen molar-refractivity contribution in [2.75, 3.05) is 24.6 Å². The molecule has 5 heteroatoms. The quantitative estimate of drug-likeness (QED) is 0.648. The summed E-state index contributed by atoms with van der Waals surface area (Å²) in [6.07, 6.45) is 3.23. The van der Waals surface area contributed by atoms with Crippen LogP contribution in [0.5, 0.6) is 0 Å². The molecule has 1 atom stereocenters. The van der Waals surface area contributed by atoms with Crippen LogP contribution in [-0.2, 0) is 14.6 Å². The zero-order chi connectivity index (χ0) is 10.9. The van der Waals surface area contributed by atoms with Crippen LogP contribution in [-0.4, -0.2) is 49.7 Å². The van der Waals surface area contributed by atoms with E-state index in [0.717, 1.165) is 19.4 Å². The van der Waals surface area contributed by atoms with Crippen molar-refractivity contribution in [2.45, 2.75) is 31.7 Å². The summed E-state index contributed by atoms with van der Waals surface area (Å²) in [5, 5.41) is 0. The highest BCUT2D eigenvalue weighted by Gasteiger charge is 2.32. The number of carbonyl (C=O) groups is 1. The maximum absolute atomic E-state index is 11.6. The molecule has 0 aromatic heterocycles. The van der Waals surface area contributed by atoms with Crippen LogP contribution in [0.4, 0.5) is 0 Å². The van der Waals surface area contributed by atoms with Gasteiger partial charge in [-0.05, 0) is 25.8 Å². The summed E-state index contributed by atoms with van der Waals surface area (Å²) in [6.45, 7) is 1.30. The lowest BCUT2D eigenvalue weighted by Crippen LogP contribution is -2.39. The second kappa shape index (κ2) is 4.22. The van der Waals surface area contributed by atoms with Gasteiger partial charge in [-0.1, -0.05) is 0 Å². The van der Waals surface area contributed by atoms with E-state index in [4.69, 9.17) is 0 Å². The summed E-state index contributed by atoms with van der Waals surface area (Å²) in [4.78, 5) is 13.6. The Labute approximate surface area is 90.6 Å². The van der Waals surface area contributed by atoms with Gasteiger partial charge in [-0.3, -0.25) is 9.69 Å². The maximum atomic E-state index is 11.6. The number of rotatable bonds is 1. The van der Waals surface area contributed by atoms with Crippen LogP contribution < -0.4 is 0 Å². The van der Waals surface area contributed by atoms with Crippen molar-refractivity contribution in [1.82, 2.24) is 4.90 Å². The van der Waals surface area contributed by atoms with Crippen LogP contribution in [0.15, 0.2) is 0 Å². The third-order valence-electron chi connectivity index (χ3n) is 3.30. The van der Waals surface area contributed by atoms with Crippen LogP contribution in [0.25, 0.3) is 0 Å². The van der Waals surface area contributed by atoms with E-state index in [0.29, 0.717) is 25.2 Å². The lowest BCUT2D eigenvalue weighted by molar-refractivity contribution is -0.121. The molecule has 15 heavy (non-hydrogen) atoms. The Morgan fingerprint density at radius 2 is 1.93 bits per heavy atom. The Bertz CT molecular complexity index is 350. The number of nitrogens with zero attached hydrogens (tertiary/aromatic N) is 1. The zero-order valence-corrected chi connectivity index (χ0v) is 9.63. The first-order valence-corrected chi connectivity index (χ1v) is 7.38. The van der Waals surface area contributed by atoms with E-state index in [1.807, 2.05) is 0 Å². The molecule has 1 unspecified atom stereocenters. The van der Waals surface area contributed by atoms with Crippen molar-refractivity contribution in [3.05, 3.63) is 0 Å². The third-order valence-corrected chi connectivity index (χ3v) is 5.02. The summed E-state index contributed by atoms with van der Waals surface area (Å²) in [5.74, 6) is 0.801. The van der Waals surface area contributed by atoms with E-state index < -0.39 is 9.84 Å². The lowest BCUT2D eigenvalue weighted by Gasteiger charge is -2.25. The number of ketones is 1. The van der Waals surface area contributed by atoms with Gasteiger partial charge in [0.05, 0.1) is 17.5 Å².